The van der Waals surface area contributed by atoms with Gasteiger partial charge in [-0.1, -0.05) is 48.0 Å². The molecule has 0 atom stereocenters. The van der Waals surface area contributed by atoms with Gasteiger partial charge in [0.1, 0.15) is 5.75 Å². The standard InChI is InChI=1S/C20H20N2O2S/c1-14-7-9-16(10-8-14)11-17-12-21-20(25-17)22-19(23)13-24-18-6-4-3-5-15(18)2/h3-10,12H,11,13H2,1-2H3,(H,21,22,23). The van der Waals surface area contributed by atoms with Gasteiger partial charge in [-0.15, -0.1) is 11.3 Å². The van der Waals surface area contributed by atoms with Crippen molar-refractivity contribution < 1.29 is 9.53 Å². The maximum absolute atomic E-state index is 12.0. The van der Waals surface area contributed by atoms with Gasteiger partial charge in [-0.2, -0.15) is 0 Å². The maximum atomic E-state index is 12.0. The van der Waals surface area contributed by atoms with Crippen molar-refractivity contribution >= 4 is 22.4 Å². The Hall–Kier alpha value is -2.66. The van der Waals surface area contributed by atoms with Crippen molar-refractivity contribution in [2.45, 2.75) is 20.3 Å². The summed E-state index contributed by atoms with van der Waals surface area (Å²) in [5.41, 5.74) is 3.48. The molecular weight excluding hydrogens is 332 g/mol. The topological polar surface area (TPSA) is 51.2 Å². The van der Waals surface area contributed by atoms with Crippen LogP contribution in [0.2, 0.25) is 0 Å². The molecule has 4 nitrogen and oxygen atoms in total. The molecule has 3 aromatic rings. The van der Waals surface area contributed by atoms with Gasteiger partial charge in [0, 0.05) is 17.5 Å². The molecule has 0 unspecified atom stereocenters. The molecule has 0 saturated heterocycles. The van der Waals surface area contributed by atoms with Crippen molar-refractivity contribution in [2.75, 3.05) is 11.9 Å². The van der Waals surface area contributed by atoms with E-state index in [0.717, 1.165) is 22.6 Å². The van der Waals surface area contributed by atoms with Crippen LogP contribution in [0, 0.1) is 13.8 Å². The monoisotopic (exact) mass is 352 g/mol. The summed E-state index contributed by atoms with van der Waals surface area (Å²) in [6.07, 6.45) is 2.62. The van der Waals surface area contributed by atoms with Gasteiger partial charge >= 0.3 is 0 Å². The van der Waals surface area contributed by atoms with E-state index in [1.807, 2.05) is 37.4 Å². The van der Waals surface area contributed by atoms with E-state index in [0.29, 0.717) is 5.13 Å². The van der Waals surface area contributed by atoms with Gasteiger partial charge in [-0.3, -0.25) is 10.1 Å². The minimum absolute atomic E-state index is 0.0300. The number of para-hydroxylation sites is 1. The Morgan fingerprint density at radius 1 is 1.12 bits per heavy atom. The first-order valence-electron chi connectivity index (χ1n) is 8.09. The number of rotatable bonds is 6. The molecule has 25 heavy (non-hydrogen) atoms. The molecule has 0 aliphatic carbocycles. The average molecular weight is 352 g/mol. The Bertz CT molecular complexity index is 856. The van der Waals surface area contributed by atoms with Crippen LogP contribution in [-0.2, 0) is 11.2 Å². The Labute approximate surface area is 151 Å². The molecule has 3 rings (SSSR count). The van der Waals surface area contributed by atoms with Crippen molar-refractivity contribution in [2.24, 2.45) is 0 Å². The van der Waals surface area contributed by atoms with E-state index in [1.165, 1.54) is 22.5 Å². The first kappa shape index (κ1) is 17.2. The molecule has 0 aliphatic rings. The van der Waals surface area contributed by atoms with Gasteiger partial charge in [-0.05, 0) is 31.0 Å². The SMILES string of the molecule is Cc1ccc(Cc2cnc(NC(=O)COc3ccccc3C)s2)cc1. The average Bonchev–Trinajstić information content (AvgIpc) is 3.03. The van der Waals surface area contributed by atoms with Gasteiger partial charge in [0.2, 0.25) is 0 Å². The summed E-state index contributed by atoms with van der Waals surface area (Å²) in [5, 5.41) is 3.39. The highest BCUT2D eigenvalue weighted by atomic mass is 32.1. The van der Waals surface area contributed by atoms with Gasteiger partial charge < -0.3 is 4.74 Å². The molecule has 0 spiro atoms. The quantitative estimate of drug-likeness (QED) is 0.717. The maximum Gasteiger partial charge on any atom is 0.264 e. The number of nitrogens with one attached hydrogen (secondary N) is 1. The lowest BCUT2D eigenvalue weighted by molar-refractivity contribution is -0.118. The number of benzene rings is 2. The molecule has 0 bridgehead atoms. The van der Waals surface area contributed by atoms with E-state index < -0.39 is 0 Å². The molecule has 0 aliphatic heterocycles. The molecule has 1 amide bonds. The van der Waals surface area contributed by atoms with E-state index in [-0.39, 0.29) is 12.5 Å². The Kier molecular flexibility index (Phi) is 5.46. The Morgan fingerprint density at radius 3 is 2.64 bits per heavy atom. The van der Waals surface area contributed by atoms with Crippen LogP contribution in [0.4, 0.5) is 5.13 Å². The lowest BCUT2D eigenvalue weighted by Crippen LogP contribution is -2.20. The fourth-order valence-electron chi connectivity index (χ4n) is 2.37. The van der Waals surface area contributed by atoms with Crippen LogP contribution in [0.25, 0.3) is 0 Å². The first-order chi connectivity index (χ1) is 12.1. The highest BCUT2D eigenvalue weighted by Crippen LogP contribution is 2.21. The van der Waals surface area contributed by atoms with Crippen LogP contribution in [0.15, 0.2) is 54.7 Å². The number of aryl methyl sites for hydroxylation is 2. The first-order valence-corrected chi connectivity index (χ1v) is 8.90. The van der Waals surface area contributed by atoms with Gasteiger partial charge in [0.15, 0.2) is 11.7 Å². The molecule has 5 heteroatoms. The molecule has 0 fully saturated rings. The van der Waals surface area contributed by atoms with E-state index >= 15 is 0 Å². The summed E-state index contributed by atoms with van der Waals surface area (Å²) in [5.74, 6) is 0.510. The highest BCUT2D eigenvalue weighted by Gasteiger charge is 2.09. The third-order valence-corrected chi connectivity index (χ3v) is 4.66. The predicted molar refractivity (Wildman–Crippen MR) is 101 cm³/mol. The lowest BCUT2D eigenvalue weighted by atomic mass is 10.1. The second-order valence-corrected chi connectivity index (χ2v) is 7.01. The molecule has 128 valence electrons. The molecular formula is C20H20N2O2S. The zero-order valence-corrected chi connectivity index (χ0v) is 15.1. The van der Waals surface area contributed by atoms with Crippen LogP contribution < -0.4 is 10.1 Å². The van der Waals surface area contributed by atoms with Crippen molar-refractivity contribution in [3.63, 3.8) is 0 Å². The van der Waals surface area contributed by atoms with Crippen LogP contribution in [0.3, 0.4) is 0 Å². The van der Waals surface area contributed by atoms with Gasteiger partial charge in [0.05, 0.1) is 0 Å². The van der Waals surface area contributed by atoms with E-state index in [9.17, 15) is 4.79 Å². The number of nitrogens with zero attached hydrogens (tertiary/aromatic N) is 1. The smallest absolute Gasteiger partial charge is 0.264 e. The number of ether oxygens (including phenoxy) is 1. The second kappa shape index (κ2) is 7.94. The second-order valence-electron chi connectivity index (χ2n) is 5.90. The van der Waals surface area contributed by atoms with Crippen molar-refractivity contribution in [3.8, 4) is 5.75 Å². The van der Waals surface area contributed by atoms with E-state index in [1.54, 1.807) is 0 Å². The summed E-state index contributed by atoms with van der Waals surface area (Å²) in [4.78, 5) is 17.4. The number of hydrogen-bond acceptors (Lipinski definition) is 4. The van der Waals surface area contributed by atoms with Crippen LogP contribution in [0.1, 0.15) is 21.6 Å². The van der Waals surface area contributed by atoms with Crippen LogP contribution in [0.5, 0.6) is 5.75 Å². The summed E-state index contributed by atoms with van der Waals surface area (Å²) in [6.45, 7) is 3.99. The van der Waals surface area contributed by atoms with E-state index in [4.69, 9.17) is 4.74 Å². The van der Waals surface area contributed by atoms with Crippen molar-refractivity contribution in [1.29, 1.82) is 0 Å². The normalized spacial score (nSPS) is 10.5. The summed E-state index contributed by atoms with van der Waals surface area (Å²) in [6, 6.07) is 16.1. The summed E-state index contributed by atoms with van der Waals surface area (Å²) < 4.78 is 5.55. The van der Waals surface area contributed by atoms with Crippen LogP contribution >= 0.6 is 11.3 Å². The molecule has 1 heterocycles. The zero-order valence-electron chi connectivity index (χ0n) is 14.3. The molecule has 2 aromatic carbocycles. The molecule has 0 radical (unpaired) electrons. The number of aromatic nitrogens is 1. The number of anilines is 1. The molecule has 1 N–H and O–H groups in total. The minimum Gasteiger partial charge on any atom is -0.483 e. The molecule has 0 saturated carbocycles. The molecule has 1 aromatic heterocycles. The number of amides is 1. The lowest BCUT2D eigenvalue weighted by Gasteiger charge is -2.07. The van der Waals surface area contributed by atoms with Crippen molar-refractivity contribution in [3.05, 3.63) is 76.3 Å². The van der Waals surface area contributed by atoms with Crippen LogP contribution in [-0.4, -0.2) is 17.5 Å². The number of thiazole rings is 1. The summed E-state index contributed by atoms with van der Waals surface area (Å²) in [7, 11) is 0. The fourth-order valence-corrected chi connectivity index (χ4v) is 3.23. The van der Waals surface area contributed by atoms with Gasteiger partial charge in [-0.25, -0.2) is 4.98 Å². The highest BCUT2D eigenvalue weighted by molar-refractivity contribution is 7.15. The minimum atomic E-state index is -0.209. The Balaban J connectivity index is 1.53. The number of carbonyl (C=O) groups is 1. The third-order valence-electron chi connectivity index (χ3n) is 3.75. The predicted octanol–water partition coefficient (Wildman–Crippen LogP) is 4.37. The van der Waals surface area contributed by atoms with Gasteiger partial charge in [0.25, 0.3) is 5.91 Å². The van der Waals surface area contributed by atoms with Crippen molar-refractivity contribution in [1.82, 2.24) is 4.98 Å². The zero-order chi connectivity index (χ0) is 17.6. The van der Waals surface area contributed by atoms with E-state index in [2.05, 4.69) is 41.5 Å². The fraction of sp³-hybridized carbons (Fsp3) is 0.200. The number of carbonyl (C=O) groups excluding carboxylic acids is 1. The largest absolute Gasteiger partial charge is 0.483 e. The summed E-state index contributed by atoms with van der Waals surface area (Å²) >= 11 is 1.49. The Morgan fingerprint density at radius 2 is 1.88 bits per heavy atom. The number of hydrogen-bond donors (Lipinski definition) is 1. The third kappa shape index (κ3) is 4.90.